The number of nitrogens with zero attached hydrogens (tertiary/aromatic N) is 4. The lowest BCUT2D eigenvalue weighted by atomic mass is 10.2. The van der Waals surface area contributed by atoms with E-state index in [9.17, 15) is 13.2 Å². The van der Waals surface area contributed by atoms with Crippen molar-refractivity contribution in [2.24, 2.45) is 7.05 Å². The lowest BCUT2D eigenvalue weighted by molar-refractivity contribution is 0.449. The Labute approximate surface area is 155 Å². The van der Waals surface area contributed by atoms with Crippen LogP contribution in [0.5, 0.6) is 0 Å². The number of aromatic nitrogens is 3. The van der Waals surface area contributed by atoms with Gasteiger partial charge in [-0.1, -0.05) is 23.7 Å². The van der Waals surface area contributed by atoms with Crippen molar-refractivity contribution in [3.63, 3.8) is 0 Å². The number of sulfonamides is 1. The van der Waals surface area contributed by atoms with Crippen LogP contribution in [-0.4, -0.2) is 39.9 Å². The smallest absolute Gasteiger partial charge is 0.293 e. The summed E-state index contributed by atoms with van der Waals surface area (Å²) in [6, 6.07) is 9.72. The second-order valence-electron chi connectivity index (χ2n) is 6.29. The van der Waals surface area contributed by atoms with E-state index in [0.29, 0.717) is 18.6 Å². The highest BCUT2D eigenvalue weighted by Crippen LogP contribution is 2.31. The summed E-state index contributed by atoms with van der Waals surface area (Å²) in [6.45, 7) is 0.539. The maximum absolute atomic E-state index is 12.9. The number of benzene rings is 1. The molecule has 0 spiro atoms. The van der Waals surface area contributed by atoms with Crippen molar-refractivity contribution >= 4 is 32.8 Å². The van der Waals surface area contributed by atoms with Crippen LogP contribution in [0.2, 0.25) is 5.02 Å². The van der Waals surface area contributed by atoms with Crippen molar-refractivity contribution in [3.8, 4) is 0 Å². The molecule has 2 aromatic heterocycles. The first-order valence-corrected chi connectivity index (χ1v) is 9.99. The molecule has 1 saturated heterocycles. The van der Waals surface area contributed by atoms with E-state index in [1.807, 2.05) is 6.07 Å². The molecule has 136 valence electrons. The van der Waals surface area contributed by atoms with E-state index in [1.54, 1.807) is 42.1 Å². The molecule has 3 aromatic rings. The molecule has 1 aliphatic heterocycles. The molecular weight excluding hydrogens is 376 g/mol. The second-order valence-corrected chi connectivity index (χ2v) is 8.61. The van der Waals surface area contributed by atoms with E-state index in [2.05, 4.69) is 4.98 Å². The highest BCUT2D eigenvalue weighted by Gasteiger charge is 2.36. The van der Waals surface area contributed by atoms with Gasteiger partial charge >= 0.3 is 5.69 Å². The first-order chi connectivity index (χ1) is 12.4. The minimum Gasteiger partial charge on any atom is -0.293 e. The topological polar surface area (TPSA) is 77.2 Å². The summed E-state index contributed by atoms with van der Waals surface area (Å²) >= 11 is 6.07. The predicted octanol–water partition coefficient (Wildman–Crippen LogP) is 2.02. The quantitative estimate of drug-likeness (QED) is 0.683. The summed E-state index contributed by atoms with van der Waals surface area (Å²) in [5.74, 6) is 0. The predicted molar refractivity (Wildman–Crippen MR) is 98.8 cm³/mol. The fourth-order valence-corrected chi connectivity index (χ4v) is 5.44. The molecule has 0 unspecified atom stereocenters. The molecule has 1 fully saturated rings. The molecule has 1 atom stereocenters. The van der Waals surface area contributed by atoms with Gasteiger partial charge in [0.15, 0.2) is 5.65 Å². The summed E-state index contributed by atoms with van der Waals surface area (Å²) in [5, 5.41) is 0.194. The Bertz CT molecular complexity index is 1150. The van der Waals surface area contributed by atoms with Crippen LogP contribution in [0.25, 0.3) is 11.2 Å². The van der Waals surface area contributed by atoms with Crippen molar-refractivity contribution in [1.29, 1.82) is 0 Å². The van der Waals surface area contributed by atoms with Gasteiger partial charge in [0.25, 0.3) is 0 Å². The molecule has 1 aliphatic rings. The Hall–Kier alpha value is -2.16. The number of halogens is 1. The van der Waals surface area contributed by atoms with Gasteiger partial charge in [0.2, 0.25) is 10.0 Å². The van der Waals surface area contributed by atoms with Gasteiger partial charge in [-0.05, 0) is 30.7 Å². The van der Waals surface area contributed by atoms with Crippen LogP contribution in [0.15, 0.2) is 52.3 Å². The van der Waals surface area contributed by atoms with Crippen LogP contribution in [-0.2, 0) is 17.1 Å². The third-order valence-electron chi connectivity index (χ3n) is 4.79. The lowest BCUT2D eigenvalue weighted by Gasteiger charge is -2.17. The fourth-order valence-electron chi connectivity index (χ4n) is 3.45. The first-order valence-electron chi connectivity index (χ1n) is 8.18. The molecule has 0 radical (unpaired) electrons. The lowest BCUT2D eigenvalue weighted by Crippen LogP contribution is -2.32. The number of aryl methyl sites for hydroxylation is 1. The molecule has 0 saturated carbocycles. The Balaban J connectivity index is 1.72. The van der Waals surface area contributed by atoms with Gasteiger partial charge in [-0.15, -0.1) is 0 Å². The molecule has 1 aromatic carbocycles. The molecule has 0 aliphatic carbocycles. The van der Waals surface area contributed by atoms with Crippen molar-refractivity contribution < 1.29 is 8.42 Å². The van der Waals surface area contributed by atoms with Crippen molar-refractivity contribution in [2.75, 3.05) is 13.1 Å². The van der Waals surface area contributed by atoms with Gasteiger partial charge in [0.1, 0.15) is 4.90 Å². The monoisotopic (exact) mass is 392 g/mol. The van der Waals surface area contributed by atoms with Crippen LogP contribution in [0.3, 0.4) is 0 Å². The third kappa shape index (κ3) is 2.56. The van der Waals surface area contributed by atoms with E-state index < -0.39 is 10.0 Å². The molecule has 26 heavy (non-hydrogen) atoms. The standard InChI is InChI=1S/C17H17ClN4O3S/c1-20-14-6-4-9-19-16(14)22(17(20)23)12-8-10-21(11-12)26(24,25)15-7-3-2-5-13(15)18/h2-7,9,12H,8,10-11H2,1H3/t12-/m1/s1. The zero-order valence-electron chi connectivity index (χ0n) is 14.0. The average molecular weight is 393 g/mol. The van der Waals surface area contributed by atoms with E-state index in [-0.39, 0.29) is 28.2 Å². The summed E-state index contributed by atoms with van der Waals surface area (Å²) in [6.07, 6.45) is 2.17. The Morgan fingerprint density at radius 2 is 1.96 bits per heavy atom. The minimum atomic E-state index is -3.71. The molecular formula is C17H17ClN4O3S. The molecule has 4 rings (SSSR count). The maximum Gasteiger partial charge on any atom is 0.330 e. The Kier molecular flexibility index (Phi) is 4.13. The van der Waals surface area contributed by atoms with E-state index in [0.717, 1.165) is 5.52 Å². The zero-order valence-corrected chi connectivity index (χ0v) is 15.6. The van der Waals surface area contributed by atoms with Crippen molar-refractivity contribution in [3.05, 3.63) is 58.1 Å². The molecule has 7 nitrogen and oxygen atoms in total. The molecule has 0 N–H and O–H groups in total. The van der Waals surface area contributed by atoms with Gasteiger partial charge in [0, 0.05) is 26.3 Å². The van der Waals surface area contributed by atoms with E-state index >= 15 is 0 Å². The Morgan fingerprint density at radius 3 is 2.73 bits per heavy atom. The largest absolute Gasteiger partial charge is 0.330 e. The van der Waals surface area contributed by atoms with Crippen LogP contribution in [0.1, 0.15) is 12.5 Å². The van der Waals surface area contributed by atoms with Crippen LogP contribution in [0, 0.1) is 0 Å². The average Bonchev–Trinajstić information content (AvgIpc) is 3.20. The highest BCUT2D eigenvalue weighted by molar-refractivity contribution is 7.89. The number of imidazole rings is 1. The molecule has 0 bridgehead atoms. The maximum atomic E-state index is 12.9. The minimum absolute atomic E-state index is 0.0886. The number of hydrogen-bond donors (Lipinski definition) is 0. The van der Waals surface area contributed by atoms with Gasteiger partial charge in [-0.3, -0.25) is 9.13 Å². The number of rotatable bonds is 3. The SMILES string of the molecule is Cn1c(=O)n([C@@H]2CCN(S(=O)(=O)c3ccccc3Cl)C2)c2ncccc21. The Morgan fingerprint density at radius 1 is 1.19 bits per heavy atom. The summed E-state index contributed by atoms with van der Waals surface area (Å²) in [5.41, 5.74) is 1.10. The van der Waals surface area contributed by atoms with E-state index in [4.69, 9.17) is 11.6 Å². The van der Waals surface area contributed by atoms with Gasteiger partial charge < -0.3 is 0 Å². The fraction of sp³-hybridized carbons (Fsp3) is 0.294. The van der Waals surface area contributed by atoms with Gasteiger partial charge in [0.05, 0.1) is 16.6 Å². The number of hydrogen-bond acceptors (Lipinski definition) is 4. The first kappa shape index (κ1) is 17.3. The summed E-state index contributed by atoms with van der Waals surface area (Å²) < 4.78 is 30.4. The van der Waals surface area contributed by atoms with Gasteiger partial charge in [-0.25, -0.2) is 18.2 Å². The molecule has 9 heteroatoms. The summed E-state index contributed by atoms with van der Waals surface area (Å²) in [7, 11) is -2.02. The van der Waals surface area contributed by atoms with Crippen LogP contribution >= 0.6 is 11.6 Å². The number of pyridine rings is 1. The zero-order chi connectivity index (χ0) is 18.5. The van der Waals surface area contributed by atoms with Crippen molar-refractivity contribution in [1.82, 2.24) is 18.4 Å². The van der Waals surface area contributed by atoms with Gasteiger partial charge in [-0.2, -0.15) is 4.31 Å². The highest BCUT2D eigenvalue weighted by atomic mass is 35.5. The van der Waals surface area contributed by atoms with E-state index in [1.165, 1.54) is 14.9 Å². The van der Waals surface area contributed by atoms with Crippen LogP contribution in [0.4, 0.5) is 0 Å². The molecule has 0 amide bonds. The van der Waals surface area contributed by atoms with Crippen molar-refractivity contribution in [2.45, 2.75) is 17.4 Å². The normalized spacial score (nSPS) is 18.6. The second kappa shape index (κ2) is 6.22. The molecule has 3 heterocycles. The third-order valence-corrected chi connectivity index (χ3v) is 7.16. The number of fused-ring (bicyclic) bond motifs is 1. The van der Waals surface area contributed by atoms with Crippen LogP contribution < -0.4 is 5.69 Å². The summed E-state index contributed by atoms with van der Waals surface area (Å²) in [4.78, 5) is 17.1.